The van der Waals surface area contributed by atoms with Gasteiger partial charge in [0, 0.05) is 0 Å². The summed E-state index contributed by atoms with van der Waals surface area (Å²) in [5.41, 5.74) is 2.51. The van der Waals surface area contributed by atoms with Gasteiger partial charge in [0.15, 0.2) is 0 Å². The second-order valence-corrected chi connectivity index (χ2v) is 9.24. The fraction of sp³-hybridized carbons (Fsp3) is 0.900. The second kappa shape index (κ2) is 4.60. The number of allylic oxidation sites excluding steroid dienone is 2. The standard InChI is InChI=1S/C20H32O/c1-13-8-10-19(2)14(12-13)4-5-15-16-6-7-18(21)20(16,3)11-9-17(15)19/h4,13,15-18,21H,5-12H2,1-3H3/t13-,15?,16?,17?,18-,19-,20-/m0/s1. The minimum Gasteiger partial charge on any atom is -0.393 e. The summed E-state index contributed by atoms with van der Waals surface area (Å²) in [4.78, 5) is 0. The Hall–Kier alpha value is -0.300. The van der Waals surface area contributed by atoms with Gasteiger partial charge in [0.05, 0.1) is 6.10 Å². The molecule has 0 aromatic rings. The summed E-state index contributed by atoms with van der Waals surface area (Å²) in [6.07, 6.45) is 13.0. The molecular formula is C20H32O. The normalized spacial score (nSPS) is 56.2. The van der Waals surface area contributed by atoms with E-state index in [1.54, 1.807) is 5.57 Å². The largest absolute Gasteiger partial charge is 0.393 e. The van der Waals surface area contributed by atoms with Gasteiger partial charge in [0.2, 0.25) is 0 Å². The molecule has 0 amide bonds. The third-order valence-corrected chi connectivity index (χ3v) is 8.30. The van der Waals surface area contributed by atoms with Crippen LogP contribution in [-0.4, -0.2) is 11.2 Å². The third-order valence-electron chi connectivity index (χ3n) is 8.30. The Labute approximate surface area is 130 Å². The van der Waals surface area contributed by atoms with Crippen molar-refractivity contribution >= 4 is 0 Å². The summed E-state index contributed by atoms with van der Waals surface area (Å²) in [5, 5.41) is 10.5. The molecule has 1 heteroatoms. The molecule has 3 saturated carbocycles. The van der Waals surface area contributed by atoms with Crippen molar-refractivity contribution in [2.45, 2.75) is 78.2 Å². The van der Waals surface area contributed by atoms with Crippen molar-refractivity contribution in [3.63, 3.8) is 0 Å². The molecule has 4 rings (SSSR count). The minimum atomic E-state index is -0.0342. The van der Waals surface area contributed by atoms with Gasteiger partial charge in [-0.1, -0.05) is 32.4 Å². The Morgan fingerprint density at radius 2 is 1.86 bits per heavy atom. The predicted molar refractivity (Wildman–Crippen MR) is 86.9 cm³/mol. The van der Waals surface area contributed by atoms with Crippen molar-refractivity contribution in [2.24, 2.45) is 34.5 Å². The van der Waals surface area contributed by atoms with Gasteiger partial charge in [-0.05, 0) is 85.9 Å². The van der Waals surface area contributed by atoms with Crippen LogP contribution in [0.3, 0.4) is 0 Å². The van der Waals surface area contributed by atoms with E-state index >= 15 is 0 Å². The zero-order valence-electron chi connectivity index (χ0n) is 14.1. The Morgan fingerprint density at radius 1 is 1.05 bits per heavy atom. The molecule has 0 aliphatic heterocycles. The summed E-state index contributed by atoms with van der Waals surface area (Å²) in [6.45, 7) is 7.39. The molecule has 0 aromatic heterocycles. The lowest BCUT2D eigenvalue weighted by Crippen LogP contribution is -2.50. The van der Waals surface area contributed by atoms with E-state index in [0.717, 1.165) is 30.1 Å². The average Bonchev–Trinajstić information content (AvgIpc) is 2.76. The van der Waals surface area contributed by atoms with Crippen LogP contribution in [-0.2, 0) is 0 Å². The fourth-order valence-electron chi connectivity index (χ4n) is 6.82. The Bertz CT molecular complexity index is 466. The SMILES string of the molecule is C[C@H]1CC[C@@]2(C)C(=CCC3C2CC[C@@]2(C)C3CC[C@@H]2O)C1. The van der Waals surface area contributed by atoms with E-state index in [1.165, 1.54) is 44.9 Å². The highest BCUT2D eigenvalue weighted by atomic mass is 16.3. The quantitative estimate of drug-likeness (QED) is 0.626. The smallest absolute Gasteiger partial charge is 0.0596 e. The van der Waals surface area contributed by atoms with Crippen molar-refractivity contribution in [3.8, 4) is 0 Å². The molecule has 0 heterocycles. The molecule has 0 spiro atoms. The number of fused-ring (bicyclic) bond motifs is 5. The summed E-state index contributed by atoms with van der Waals surface area (Å²) in [7, 11) is 0. The molecule has 0 saturated heterocycles. The van der Waals surface area contributed by atoms with Gasteiger partial charge in [-0.3, -0.25) is 0 Å². The molecule has 21 heavy (non-hydrogen) atoms. The highest BCUT2D eigenvalue weighted by molar-refractivity contribution is 5.25. The predicted octanol–water partition coefficient (Wildman–Crippen LogP) is 4.95. The maximum atomic E-state index is 10.5. The van der Waals surface area contributed by atoms with Gasteiger partial charge in [-0.25, -0.2) is 0 Å². The number of aliphatic hydroxyl groups excluding tert-OH is 1. The van der Waals surface area contributed by atoms with Crippen LogP contribution < -0.4 is 0 Å². The number of hydrogen-bond acceptors (Lipinski definition) is 1. The molecule has 3 fully saturated rings. The number of aliphatic hydroxyl groups is 1. The van der Waals surface area contributed by atoms with E-state index in [9.17, 15) is 5.11 Å². The van der Waals surface area contributed by atoms with E-state index in [4.69, 9.17) is 0 Å². The summed E-state index contributed by atoms with van der Waals surface area (Å²) < 4.78 is 0. The molecular weight excluding hydrogens is 256 g/mol. The molecule has 0 aromatic carbocycles. The van der Waals surface area contributed by atoms with Crippen LogP contribution in [0, 0.1) is 34.5 Å². The maximum Gasteiger partial charge on any atom is 0.0596 e. The van der Waals surface area contributed by atoms with Crippen LogP contribution in [0.1, 0.15) is 72.1 Å². The molecule has 1 N–H and O–H groups in total. The second-order valence-electron chi connectivity index (χ2n) is 9.24. The van der Waals surface area contributed by atoms with Crippen LogP contribution in [0.25, 0.3) is 0 Å². The zero-order chi connectivity index (χ0) is 14.8. The first-order chi connectivity index (χ1) is 9.95. The van der Waals surface area contributed by atoms with Gasteiger partial charge in [-0.2, -0.15) is 0 Å². The first kappa shape index (κ1) is 14.3. The number of hydrogen-bond donors (Lipinski definition) is 1. The highest BCUT2D eigenvalue weighted by Gasteiger charge is 2.58. The zero-order valence-corrected chi connectivity index (χ0v) is 14.1. The van der Waals surface area contributed by atoms with Crippen LogP contribution >= 0.6 is 0 Å². The van der Waals surface area contributed by atoms with Gasteiger partial charge in [0.25, 0.3) is 0 Å². The van der Waals surface area contributed by atoms with E-state index in [1.807, 2.05) is 0 Å². The molecule has 0 bridgehead atoms. The van der Waals surface area contributed by atoms with Crippen molar-refractivity contribution in [3.05, 3.63) is 11.6 Å². The van der Waals surface area contributed by atoms with E-state index in [-0.39, 0.29) is 11.5 Å². The van der Waals surface area contributed by atoms with Gasteiger partial charge in [0.1, 0.15) is 0 Å². The molecule has 4 aliphatic carbocycles. The Balaban J connectivity index is 1.68. The lowest BCUT2D eigenvalue weighted by atomic mass is 9.47. The average molecular weight is 288 g/mol. The van der Waals surface area contributed by atoms with Crippen LogP contribution in [0.4, 0.5) is 0 Å². The molecule has 0 radical (unpaired) electrons. The monoisotopic (exact) mass is 288 g/mol. The van der Waals surface area contributed by atoms with Crippen LogP contribution in [0.15, 0.2) is 11.6 Å². The molecule has 3 unspecified atom stereocenters. The molecule has 4 aliphatic rings. The lowest BCUT2D eigenvalue weighted by molar-refractivity contribution is -0.0677. The topological polar surface area (TPSA) is 20.2 Å². The van der Waals surface area contributed by atoms with Gasteiger partial charge < -0.3 is 5.11 Å². The Kier molecular flexibility index (Phi) is 3.13. The van der Waals surface area contributed by atoms with E-state index in [2.05, 4.69) is 26.8 Å². The summed E-state index contributed by atoms with van der Waals surface area (Å²) >= 11 is 0. The van der Waals surface area contributed by atoms with E-state index in [0.29, 0.717) is 5.41 Å². The van der Waals surface area contributed by atoms with Crippen LogP contribution in [0.2, 0.25) is 0 Å². The van der Waals surface area contributed by atoms with E-state index < -0.39 is 0 Å². The first-order valence-corrected chi connectivity index (χ1v) is 9.33. The summed E-state index contributed by atoms with van der Waals surface area (Å²) in [5.74, 6) is 3.42. The van der Waals surface area contributed by atoms with Crippen molar-refractivity contribution in [2.75, 3.05) is 0 Å². The third kappa shape index (κ3) is 1.85. The maximum absolute atomic E-state index is 10.5. The molecule has 7 atom stereocenters. The minimum absolute atomic E-state index is 0.0342. The molecule has 1 nitrogen and oxygen atoms in total. The Morgan fingerprint density at radius 3 is 2.67 bits per heavy atom. The van der Waals surface area contributed by atoms with Gasteiger partial charge in [-0.15, -0.1) is 0 Å². The lowest BCUT2D eigenvalue weighted by Gasteiger charge is -2.57. The van der Waals surface area contributed by atoms with Gasteiger partial charge >= 0.3 is 0 Å². The summed E-state index contributed by atoms with van der Waals surface area (Å²) in [6, 6.07) is 0. The molecule has 118 valence electrons. The first-order valence-electron chi connectivity index (χ1n) is 9.33. The van der Waals surface area contributed by atoms with Crippen molar-refractivity contribution in [1.29, 1.82) is 0 Å². The highest BCUT2D eigenvalue weighted by Crippen LogP contribution is 2.65. The fourth-order valence-corrected chi connectivity index (χ4v) is 6.82. The van der Waals surface area contributed by atoms with Crippen molar-refractivity contribution < 1.29 is 5.11 Å². The van der Waals surface area contributed by atoms with Crippen molar-refractivity contribution in [1.82, 2.24) is 0 Å². The number of rotatable bonds is 0. The van der Waals surface area contributed by atoms with Crippen LogP contribution in [0.5, 0.6) is 0 Å².